The highest BCUT2D eigenvalue weighted by Crippen LogP contribution is 2.28. The van der Waals surface area contributed by atoms with E-state index in [1.165, 1.54) is 32.3 Å². The number of fused-ring (bicyclic) bond motifs is 1. The number of aromatic nitrogens is 1. The first-order valence-corrected chi connectivity index (χ1v) is 8.33. The van der Waals surface area contributed by atoms with E-state index in [-0.39, 0.29) is 10.1 Å². The lowest BCUT2D eigenvalue weighted by Crippen LogP contribution is -2.22. The number of oxazole rings is 1. The highest BCUT2D eigenvalue weighted by molar-refractivity contribution is 8.00. The fourth-order valence-electron chi connectivity index (χ4n) is 1.52. The second-order valence-electron chi connectivity index (χ2n) is 4.56. The summed E-state index contributed by atoms with van der Waals surface area (Å²) in [4.78, 5) is 15.3. The van der Waals surface area contributed by atoms with Crippen LogP contribution in [0.4, 0.5) is 0 Å². The Morgan fingerprint density at radius 2 is 2.10 bits per heavy atom. The summed E-state index contributed by atoms with van der Waals surface area (Å²) in [6.45, 7) is 1.64. The van der Waals surface area contributed by atoms with Crippen molar-refractivity contribution in [3.63, 3.8) is 0 Å². The molecule has 2 aromatic rings. The third-order valence-corrected chi connectivity index (χ3v) is 5.57. The van der Waals surface area contributed by atoms with Gasteiger partial charge in [-0.1, -0.05) is 11.8 Å². The van der Waals surface area contributed by atoms with E-state index in [0.717, 1.165) is 16.1 Å². The number of carbonyl (C=O) groups excluding carboxylic acids is 1. The van der Waals surface area contributed by atoms with Gasteiger partial charge in [-0.3, -0.25) is 4.79 Å². The lowest BCUT2D eigenvalue weighted by molar-refractivity contribution is -0.117. The van der Waals surface area contributed by atoms with Crippen LogP contribution in [0.25, 0.3) is 11.1 Å². The molecule has 2 rings (SSSR count). The summed E-state index contributed by atoms with van der Waals surface area (Å²) in [5, 5.41) is -0.209. The summed E-state index contributed by atoms with van der Waals surface area (Å²) in [5.74, 6) is -0.474. The first-order chi connectivity index (χ1) is 9.71. The van der Waals surface area contributed by atoms with E-state index in [1.807, 2.05) is 0 Å². The largest absolute Gasteiger partial charge is 0.431 e. The summed E-state index contributed by atoms with van der Waals surface area (Å²) >= 11 is 1.08. The van der Waals surface area contributed by atoms with Crippen LogP contribution in [0.15, 0.2) is 32.7 Å². The van der Waals surface area contributed by atoms with E-state index >= 15 is 0 Å². The molecule has 21 heavy (non-hydrogen) atoms. The van der Waals surface area contributed by atoms with Gasteiger partial charge in [-0.15, -0.1) is 0 Å². The molecule has 0 aliphatic heterocycles. The lowest BCUT2D eigenvalue weighted by Gasteiger charge is -2.10. The number of amides is 1. The van der Waals surface area contributed by atoms with Crippen molar-refractivity contribution >= 4 is 38.8 Å². The van der Waals surface area contributed by atoms with Gasteiger partial charge in [0.05, 0.1) is 10.1 Å². The van der Waals surface area contributed by atoms with Gasteiger partial charge >= 0.3 is 0 Å². The molecule has 0 saturated carbocycles. The number of carbonyl (C=O) groups is 1. The third-order valence-electron chi connectivity index (χ3n) is 2.80. The van der Waals surface area contributed by atoms with Crippen LogP contribution in [0.3, 0.4) is 0 Å². The number of thioether (sulfide) groups is 1. The van der Waals surface area contributed by atoms with Crippen molar-refractivity contribution < 1.29 is 17.6 Å². The van der Waals surface area contributed by atoms with Gasteiger partial charge in [0.2, 0.25) is 15.9 Å². The van der Waals surface area contributed by atoms with Crippen LogP contribution in [0.2, 0.25) is 0 Å². The minimum Gasteiger partial charge on any atom is -0.431 e. The quantitative estimate of drug-likeness (QED) is 0.822. The maximum atomic E-state index is 12.1. The minimum atomic E-state index is -3.52. The summed E-state index contributed by atoms with van der Waals surface area (Å²) in [7, 11) is -0.612. The van der Waals surface area contributed by atoms with Crippen LogP contribution in [0.1, 0.15) is 6.92 Å². The van der Waals surface area contributed by atoms with Crippen molar-refractivity contribution in [1.29, 1.82) is 0 Å². The smallest absolute Gasteiger partial charge is 0.257 e. The Morgan fingerprint density at radius 3 is 2.67 bits per heavy atom. The number of primary amides is 1. The molecule has 1 atom stereocenters. The Kier molecular flexibility index (Phi) is 4.26. The molecule has 0 aliphatic carbocycles. The Hall–Kier alpha value is -1.58. The molecular weight excluding hydrogens is 314 g/mol. The van der Waals surface area contributed by atoms with Gasteiger partial charge < -0.3 is 10.2 Å². The minimum absolute atomic E-state index is 0.132. The number of benzene rings is 1. The fraction of sp³-hybridized carbons (Fsp3) is 0.333. The Bertz CT molecular complexity index is 783. The topological polar surface area (TPSA) is 106 Å². The van der Waals surface area contributed by atoms with Crippen LogP contribution in [-0.2, 0) is 14.8 Å². The van der Waals surface area contributed by atoms with Crippen LogP contribution in [0.5, 0.6) is 0 Å². The highest BCUT2D eigenvalue weighted by Gasteiger charge is 2.20. The normalized spacial score (nSPS) is 13.7. The SMILES string of the molecule is C[C@@H](Sc1nc2cc(S(=O)(=O)N(C)C)ccc2o1)C(N)=O. The number of rotatable bonds is 5. The second kappa shape index (κ2) is 5.66. The molecule has 0 saturated heterocycles. The average molecular weight is 329 g/mol. The zero-order chi connectivity index (χ0) is 15.8. The standard InChI is InChI=1S/C12H15N3O4S2/c1-7(11(13)16)20-12-14-9-6-8(4-5-10(9)19-12)21(17,18)15(2)3/h4-7H,1-3H3,(H2,13,16)/t7-/m1/s1. The van der Waals surface area contributed by atoms with Gasteiger partial charge in [-0.25, -0.2) is 17.7 Å². The fourth-order valence-corrected chi connectivity index (χ4v) is 3.15. The molecule has 0 spiro atoms. The molecule has 0 unspecified atom stereocenters. The van der Waals surface area contributed by atoms with E-state index in [4.69, 9.17) is 10.2 Å². The lowest BCUT2D eigenvalue weighted by atomic mass is 10.3. The molecule has 1 aromatic heterocycles. The second-order valence-corrected chi connectivity index (χ2v) is 8.00. The van der Waals surface area contributed by atoms with E-state index in [9.17, 15) is 13.2 Å². The molecule has 1 amide bonds. The predicted octanol–water partition coefficient (Wildman–Crippen LogP) is 1.04. The Labute approximate surface area is 126 Å². The molecule has 1 aromatic carbocycles. The van der Waals surface area contributed by atoms with Crippen molar-refractivity contribution in [2.45, 2.75) is 22.3 Å². The molecule has 114 valence electrons. The van der Waals surface area contributed by atoms with E-state index in [2.05, 4.69) is 4.98 Å². The van der Waals surface area contributed by atoms with E-state index in [1.54, 1.807) is 6.92 Å². The van der Waals surface area contributed by atoms with Gasteiger partial charge in [0.15, 0.2) is 5.58 Å². The first-order valence-electron chi connectivity index (χ1n) is 6.01. The number of sulfonamides is 1. The van der Waals surface area contributed by atoms with Crippen molar-refractivity contribution in [3.8, 4) is 0 Å². The molecule has 0 bridgehead atoms. The molecule has 0 fully saturated rings. The van der Waals surface area contributed by atoms with Crippen LogP contribution in [0, 0.1) is 0 Å². The maximum absolute atomic E-state index is 12.1. The van der Waals surface area contributed by atoms with Gasteiger partial charge in [0.25, 0.3) is 5.22 Å². The summed E-state index contributed by atoms with van der Waals surface area (Å²) in [6, 6.07) is 4.43. The predicted molar refractivity (Wildman–Crippen MR) is 79.4 cm³/mol. The number of nitrogens with zero attached hydrogens (tertiary/aromatic N) is 2. The monoisotopic (exact) mass is 329 g/mol. The molecule has 1 heterocycles. The molecule has 0 aliphatic rings. The molecule has 2 N–H and O–H groups in total. The van der Waals surface area contributed by atoms with Crippen molar-refractivity contribution in [2.75, 3.05) is 14.1 Å². The van der Waals surface area contributed by atoms with Gasteiger partial charge in [-0.2, -0.15) is 0 Å². The first kappa shape index (κ1) is 15.8. The van der Waals surface area contributed by atoms with Crippen LogP contribution < -0.4 is 5.73 Å². The zero-order valence-corrected chi connectivity index (χ0v) is 13.4. The van der Waals surface area contributed by atoms with Crippen LogP contribution in [-0.4, -0.2) is 43.0 Å². The van der Waals surface area contributed by atoms with Crippen molar-refractivity contribution in [2.24, 2.45) is 5.73 Å². The van der Waals surface area contributed by atoms with Crippen LogP contribution >= 0.6 is 11.8 Å². The average Bonchev–Trinajstić information content (AvgIpc) is 2.79. The molecule has 7 nitrogen and oxygen atoms in total. The summed E-state index contributed by atoms with van der Waals surface area (Å²) in [6.07, 6.45) is 0. The van der Waals surface area contributed by atoms with Gasteiger partial charge in [0, 0.05) is 14.1 Å². The maximum Gasteiger partial charge on any atom is 0.257 e. The summed E-state index contributed by atoms with van der Waals surface area (Å²) in [5.41, 5.74) is 6.04. The van der Waals surface area contributed by atoms with Crippen molar-refractivity contribution in [3.05, 3.63) is 18.2 Å². The number of hydrogen-bond donors (Lipinski definition) is 1. The summed E-state index contributed by atoms with van der Waals surface area (Å²) < 4.78 is 30.7. The molecule has 0 radical (unpaired) electrons. The van der Waals surface area contributed by atoms with Gasteiger partial charge in [-0.05, 0) is 25.1 Å². The molecular formula is C12H15N3O4S2. The van der Waals surface area contributed by atoms with E-state index < -0.39 is 21.2 Å². The zero-order valence-electron chi connectivity index (χ0n) is 11.7. The van der Waals surface area contributed by atoms with Gasteiger partial charge in [0.1, 0.15) is 5.52 Å². The third kappa shape index (κ3) is 3.20. The number of hydrogen-bond acceptors (Lipinski definition) is 6. The Morgan fingerprint density at radius 1 is 1.43 bits per heavy atom. The highest BCUT2D eigenvalue weighted by atomic mass is 32.2. The van der Waals surface area contributed by atoms with Crippen molar-refractivity contribution in [1.82, 2.24) is 9.29 Å². The van der Waals surface area contributed by atoms with E-state index in [0.29, 0.717) is 11.1 Å². The number of nitrogens with two attached hydrogens (primary N) is 1. The Balaban J connectivity index is 2.39. The molecule has 9 heteroatoms.